The van der Waals surface area contributed by atoms with E-state index in [9.17, 15) is 4.79 Å². The van der Waals surface area contributed by atoms with Gasteiger partial charge in [-0.15, -0.1) is 0 Å². The third kappa shape index (κ3) is 5.52. The number of nitrogens with zero attached hydrogens (tertiary/aromatic N) is 1. The third-order valence-electron chi connectivity index (χ3n) is 4.84. The van der Waals surface area contributed by atoms with Gasteiger partial charge in [0.1, 0.15) is 5.75 Å². The molecule has 1 aliphatic heterocycles. The number of ether oxygens (including phenoxy) is 1. The Morgan fingerprint density at radius 3 is 2.71 bits per heavy atom. The van der Waals surface area contributed by atoms with E-state index in [-0.39, 0.29) is 11.9 Å². The van der Waals surface area contributed by atoms with Crippen LogP contribution in [-0.2, 0) is 4.79 Å². The quantitative estimate of drug-likeness (QED) is 0.823. The number of rotatable bonds is 7. The topological polar surface area (TPSA) is 41.6 Å². The van der Waals surface area contributed by atoms with Crippen LogP contribution in [0, 0.1) is 0 Å². The molecule has 1 aliphatic rings. The van der Waals surface area contributed by atoms with E-state index in [4.69, 9.17) is 4.74 Å². The van der Waals surface area contributed by atoms with Crippen molar-refractivity contribution in [2.75, 3.05) is 20.2 Å². The first-order valence-corrected chi connectivity index (χ1v) is 9.31. The van der Waals surface area contributed by atoms with Crippen LogP contribution in [0.15, 0.2) is 24.3 Å². The normalized spacial score (nSPS) is 20.2. The summed E-state index contributed by atoms with van der Waals surface area (Å²) in [5.41, 5.74) is 1.28. The largest absolute Gasteiger partial charge is 0.497 e. The van der Waals surface area contributed by atoms with Gasteiger partial charge in [0.05, 0.1) is 13.7 Å². The Labute approximate surface area is 146 Å². The number of nitrogens with one attached hydrogen (secondary N) is 1. The predicted octanol–water partition coefficient (Wildman–Crippen LogP) is 3.92. The lowest BCUT2D eigenvalue weighted by Gasteiger charge is -2.30. The summed E-state index contributed by atoms with van der Waals surface area (Å²) in [7, 11) is 1.69. The Bertz CT molecular complexity index is 501. The molecule has 4 heteroatoms. The van der Waals surface area contributed by atoms with Crippen molar-refractivity contribution >= 4 is 5.91 Å². The van der Waals surface area contributed by atoms with E-state index in [0.717, 1.165) is 31.6 Å². The van der Waals surface area contributed by atoms with E-state index in [0.29, 0.717) is 12.6 Å². The first-order chi connectivity index (χ1) is 11.6. The molecule has 2 unspecified atom stereocenters. The molecule has 1 saturated heterocycles. The maximum Gasteiger partial charge on any atom is 0.234 e. The molecule has 0 saturated carbocycles. The number of methoxy groups -OCH3 is 1. The van der Waals surface area contributed by atoms with Crippen LogP contribution in [0.3, 0.4) is 0 Å². The SMILES string of the molecule is CCCC(C)NC(=O)CN1CCCCCC1c1ccc(OC)cc1. The molecule has 2 rings (SSSR count). The van der Waals surface area contributed by atoms with Crippen LogP contribution in [0.4, 0.5) is 0 Å². The van der Waals surface area contributed by atoms with Crippen molar-refractivity contribution in [1.29, 1.82) is 0 Å². The Morgan fingerprint density at radius 1 is 1.29 bits per heavy atom. The fourth-order valence-corrected chi connectivity index (χ4v) is 3.57. The summed E-state index contributed by atoms with van der Waals surface area (Å²) in [6.07, 6.45) is 6.89. The highest BCUT2D eigenvalue weighted by atomic mass is 16.5. The van der Waals surface area contributed by atoms with Crippen LogP contribution in [0.25, 0.3) is 0 Å². The number of hydrogen-bond acceptors (Lipinski definition) is 3. The standard InChI is InChI=1S/C20H32N2O2/c1-4-8-16(2)21-20(23)15-22-14-7-5-6-9-19(22)17-10-12-18(24-3)13-11-17/h10-13,16,19H,4-9,14-15H2,1-3H3,(H,21,23). The molecule has 2 atom stereocenters. The highest BCUT2D eigenvalue weighted by molar-refractivity contribution is 5.78. The Kier molecular flexibility index (Phi) is 7.57. The summed E-state index contributed by atoms with van der Waals surface area (Å²) in [5.74, 6) is 1.03. The molecule has 1 aromatic carbocycles. The van der Waals surface area contributed by atoms with E-state index in [1.165, 1.54) is 24.8 Å². The first kappa shape index (κ1) is 18.8. The van der Waals surface area contributed by atoms with Gasteiger partial charge in [-0.3, -0.25) is 9.69 Å². The van der Waals surface area contributed by atoms with Crippen LogP contribution in [0.5, 0.6) is 5.75 Å². The number of likely N-dealkylation sites (tertiary alicyclic amines) is 1. The fourth-order valence-electron chi connectivity index (χ4n) is 3.57. The summed E-state index contributed by atoms with van der Waals surface area (Å²) in [4.78, 5) is 14.8. The molecule has 24 heavy (non-hydrogen) atoms. The maximum atomic E-state index is 12.4. The van der Waals surface area contributed by atoms with Crippen molar-refractivity contribution in [2.24, 2.45) is 0 Å². The van der Waals surface area contributed by atoms with E-state index >= 15 is 0 Å². The summed E-state index contributed by atoms with van der Waals surface area (Å²) < 4.78 is 5.26. The van der Waals surface area contributed by atoms with Crippen LogP contribution in [0.2, 0.25) is 0 Å². The van der Waals surface area contributed by atoms with Crippen LogP contribution in [0.1, 0.15) is 64.0 Å². The highest BCUT2D eigenvalue weighted by Gasteiger charge is 2.24. The molecular weight excluding hydrogens is 300 g/mol. The van der Waals surface area contributed by atoms with Gasteiger partial charge in [-0.2, -0.15) is 0 Å². The van der Waals surface area contributed by atoms with E-state index in [1.807, 2.05) is 12.1 Å². The van der Waals surface area contributed by atoms with Crippen molar-refractivity contribution in [3.63, 3.8) is 0 Å². The molecular formula is C20H32N2O2. The third-order valence-corrected chi connectivity index (χ3v) is 4.84. The second-order valence-corrected chi connectivity index (χ2v) is 6.87. The average molecular weight is 332 g/mol. The molecule has 0 radical (unpaired) electrons. The predicted molar refractivity (Wildman–Crippen MR) is 98.3 cm³/mol. The van der Waals surface area contributed by atoms with Crippen LogP contribution in [-0.4, -0.2) is 37.0 Å². The molecule has 1 heterocycles. The van der Waals surface area contributed by atoms with Crippen molar-refractivity contribution in [3.8, 4) is 5.75 Å². The first-order valence-electron chi connectivity index (χ1n) is 9.31. The summed E-state index contributed by atoms with van der Waals surface area (Å²) >= 11 is 0. The molecule has 0 aromatic heterocycles. The number of benzene rings is 1. The zero-order chi connectivity index (χ0) is 17.4. The molecule has 1 N–H and O–H groups in total. The Hall–Kier alpha value is -1.55. The second-order valence-electron chi connectivity index (χ2n) is 6.87. The van der Waals surface area contributed by atoms with Gasteiger partial charge in [0.15, 0.2) is 0 Å². The molecule has 4 nitrogen and oxygen atoms in total. The minimum atomic E-state index is 0.149. The average Bonchev–Trinajstić information content (AvgIpc) is 2.80. The fraction of sp³-hybridized carbons (Fsp3) is 0.650. The summed E-state index contributed by atoms with van der Waals surface area (Å²) in [6.45, 7) is 5.72. The van der Waals surface area contributed by atoms with E-state index < -0.39 is 0 Å². The van der Waals surface area contributed by atoms with Crippen molar-refractivity contribution in [3.05, 3.63) is 29.8 Å². The lowest BCUT2D eigenvalue weighted by atomic mass is 10.0. The lowest BCUT2D eigenvalue weighted by molar-refractivity contribution is -0.123. The molecule has 0 spiro atoms. The highest BCUT2D eigenvalue weighted by Crippen LogP contribution is 2.30. The zero-order valence-corrected chi connectivity index (χ0v) is 15.4. The van der Waals surface area contributed by atoms with Gasteiger partial charge < -0.3 is 10.1 Å². The lowest BCUT2D eigenvalue weighted by Crippen LogP contribution is -2.42. The van der Waals surface area contributed by atoms with Crippen LogP contribution < -0.4 is 10.1 Å². The molecule has 1 fully saturated rings. The van der Waals surface area contributed by atoms with Gasteiger partial charge in [0, 0.05) is 12.1 Å². The van der Waals surface area contributed by atoms with Gasteiger partial charge >= 0.3 is 0 Å². The van der Waals surface area contributed by atoms with Gasteiger partial charge in [0.25, 0.3) is 0 Å². The summed E-state index contributed by atoms with van der Waals surface area (Å²) in [6, 6.07) is 8.89. The Balaban J connectivity index is 2.04. The number of amides is 1. The molecule has 1 aromatic rings. The van der Waals surface area contributed by atoms with Crippen molar-refractivity contribution in [1.82, 2.24) is 10.2 Å². The molecule has 0 bridgehead atoms. The maximum absolute atomic E-state index is 12.4. The number of hydrogen-bond donors (Lipinski definition) is 1. The van der Waals surface area contributed by atoms with Crippen LogP contribution >= 0.6 is 0 Å². The second kappa shape index (κ2) is 9.67. The number of carbonyl (C=O) groups is 1. The number of carbonyl (C=O) groups excluding carboxylic acids is 1. The van der Waals surface area contributed by atoms with Crippen molar-refractivity contribution < 1.29 is 9.53 Å². The minimum Gasteiger partial charge on any atom is -0.497 e. The van der Waals surface area contributed by atoms with Gasteiger partial charge in [-0.25, -0.2) is 0 Å². The zero-order valence-electron chi connectivity index (χ0n) is 15.4. The smallest absolute Gasteiger partial charge is 0.234 e. The monoisotopic (exact) mass is 332 g/mol. The van der Waals surface area contributed by atoms with Gasteiger partial charge in [0.2, 0.25) is 5.91 Å². The van der Waals surface area contributed by atoms with E-state index in [2.05, 4.69) is 36.2 Å². The van der Waals surface area contributed by atoms with E-state index in [1.54, 1.807) is 7.11 Å². The Morgan fingerprint density at radius 2 is 2.04 bits per heavy atom. The molecule has 0 aliphatic carbocycles. The molecule has 134 valence electrons. The summed E-state index contributed by atoms with van der Waals surface area (Å²) in [5, 5.41) is 3.14. The van der Waals surface area contributed by atoms with Gasteiger partial charge in [-0.1, -0.05) is 38.3 Å². The molecule has 1 amide bonds. The van der Waals surface area contributed by atoms with Crippen molar-refractivity contribution in [2.45, 2.75) is 64.5 Å². The van der Waals surface area contributed by atoms with Gasteiger partial charge in [-0.05, 0) is 50.4 Å². The minimum absolute atomic E-state index is 0.149.